The summed E-state index contributed by atoms with van der Waals surface area (Å²) in [6, 6.07) is 10.1. The van der Waals surface area contributed by atoms with E-state index in [4.69, 9.17) is 4.74 Å². The van der Waals surface area contributed by atoms with Crippen LogP contribution in [0.25, 0.3) is 0 Å². The lowest BCUT2D eigenvalue weighted by atomic mass is 10.1. The quantitative estimate of drug-likeness (QED) is 0.608. The fourth-order valence-corrected chi connectivity index (χ4v) is 1.65. The van der Waals surface area contributed by atoms with Crippen LogP contribution in [-0.2, 0) is 16.0 Å². The van der Waals surface area contributed by atoms with Crippen LogP contribution in [0.4, 0.5) is 0 Å². The van der Waals surface area contributed by atoms with Crippen LogP contribution in [0.3, 0.4) is 0 Å². The molecule has 1 atom stereocenters. The van der Waals surface area contributed by atoms with Crippen molar-refractivity contribution in [2.24, 2.45) is 0 Å². The van der Waals surface area contributed by atoms with Gasteiger partial charge in [-0.25, -0.2) is 0 Å². The van der Waals surface area contributed by atoms with Crippen molar-refractivity contribution in [1.29, 1.82) is 0 Å². The Labute approximate surface area is 98.8 Å². The third-order valence-electron chi connectivity index (χ3n) is 2.07. The molecule has 0 spiro atoms. The van der Waals surface area contributed by atoms with Crippen molar-refractivity contribution in [2.75, 3.05) is 6.61 Å². The summed E-state index contributed by atoms with van der Waals surface area (Å²) in [5.41, 5.74) is 1.24. The van der Waals surface area contributed by atoms with Gasteiger partial charge in [0, 0.05) is 0 Å². The summed E-state index contributed by atoms with van der Waals surface area (Å²) in [6.07, 6.45) is 1.65. The molecule has 3 heteroatoms. The van der Waals surface area contributed by atoms with E-state index in [2.05, 4.69) is 28.1 Å². The van der Waals surface area contributed by atoms with E-state index < -0.39 is 0 Å². The molecule has 82 valence electrons. The van der Waals surface area contributed by atoms with E-state index in [1.54, 1.807) is 0 Å². The lowest BCUT2D eigenvalue weighted by molar-refractivity contribution is -0.142. The summed E-state index contributed by atoms with van der Waals surface area (Å²) in [4.78, 5) is 11.1. The molecule has 0 aromatic heterocycles. The second kappa shape index (κ2) is 6.62. The molecule has 0 fully saturated rings. The summed E-state index contributed by atoms with van der Waals surface area (Å²) in [6.45, 7) is 2.25. The zero-order valence-electron chi connectivity index (χ0n) is 8.78. The first kappa shape index (κ1) is 12.2. The average Bonchev–Trinajstić information content (AvgIpc) is 2.27. The second-order valence-corrected chi connectivity index (χ2v) is 4.35. The number of alkyl halides is 1. The minimum atomic E-state index is -0.197. The van der Waals surface area contributed by atoms with E-state index in [1.807, 2.05) is 25.1 Å². The molecule has 0 radical (unpaired) electrons. The molecule has 0 aliphatic rings. The summed E-state index contributed by atoms with van der Waals surface area (Å²) in [5, 5.41) is 0. The van der Waals surface area contributed by atoms with Gasteiger partial charge in [0.25, 0.3) is 0 Å². The standard InChI is InChI=1S/C12H15BrO2/c1-2-15-12(14)11(13)9-8-10-6-4-3-5-7-10/h3-7,11H,2,8-9H2,1H3/t11-/m1/s1. The van der Waals surface area contributed by atoms with Crippen molar-refractivity contribution in [3.8, 4) is 0 Å². The first-order chi connectivity index (χ1) is 7.24. The van der Waals surface area contributed by atoms with E-state index >= 15 is 0 Å². The van der Waals surface area contributed by atoms with Crippen molar-refractivity contribution < 1.29 is 9.53 Å². The van der Waals surface area contributed by atoms with Crippen LogP contribution in [0.1, 0.15) is 18.9 Å². The number of esters is 1. The van der Waals surface area contributed by atoms with Crippen LogP contribution >= 0.6 is 15.9 Å². The van der Waals surface area contributed by atoms with Crippen molar-refractivity contribution in [3.63, 3.8) is 0 Å². The molecule has 1 rings (SSSR count). The van der Waals surface area contributed by atoms with E-state index in [1.165, 1.54) is 5.56 Å². The van der Waals surface area contributed by atoms with Gasteiger partial charge in [-0.1, -0.05) is 46.3 Å². The van der Waals surface area contributed by atoms with E-state index in [9.17, 15) is 4.79 Å². The third-order valence-corrected chi connectivity index (χ3v) is 2.90. The molecule has 0 aliphatic carbocycles. The molecule has 0 bridgehead atoms. The van der Waals surface area contributed by atoms with Gasteiger partial charge >= 0.3 is 5.97 Å². The highest BCUT2D eigenvalue weighted by molar-refractivity contribution is 9.10. The molecule has 1 aromatic rings. The fraction of sp³-hybridized carbons (Fsp3) is 0.417. The number of benzene rings is 1. The molecule has 0 amide bonds. The van der Waals surface area contributed by atoms with Gasteiger partial charge in [-0.2, -0.15) is 0 Å². The van der Waals surface area contributed by atoms with Crippen molar-refractivity contribution >= 4 is 21.9 Å². The minimum absolute atomic E-state index is 0.173. The number of ether oxygens (including phenoxy) is 1. The minimum Gasteiger partial charge on any atom is -0.465 e. The third kappa shape index (κ3) is 4.47. The van der Waals surface area contributed by atoms with Gasteiger partial charge in [0.2, 0.25) is 0 Å². The SMILES string of the molecule is CCOC(=O)[C@H](Br)CCc1ccccc1. The Morgan fingerprint density at radius 2 is 2.07 bits per heavy atom. The molecule has 0 N–H and O–H groups in total. The highest BCUT2D eigenvalue weighted by Crippen LogP contribution is 2.12. The molecular weight excluding hydrogens is 256 g/mol. The Hall–Kier alpha value is -0.830. The van der Waals surface area contributed by atoms with Gasteiger partial charge in [-0.3, -0.25) is 4.79 Å². The number of hydrogen-bond donors (Lipinski definition) is 0. The van der Waals surface area contributed by atoms with Crippen LogP contribution in [0.5, 0.6) is 0 Å². The Balaban J connectivity index is 2.34. The first-order valence-electron chi connectivity index (χ1n) is 5.08. The van der Waals surface area contributed by atoms with Crippen molar-refractivity contribution in [2.45, 2.75) is 24.6 Å². The maximum Gasteiger partial charge on any atom is 0.319 e. The number of halogens is 1. The largest absolute Gasteiger partial charge is 0.465 e. The molecule has 2 nitrogen and oxygen atoms in total. The number of carbonyl (C=O) groups excluding carboxylic acids is 1. The first-order valence-corrected chi connectivity index (χ1v) is 6.00. The second-order valence-electron chi connectivity index (χ2n) is 3.24. The molecule has 15 heavy (non-hydrogen) atoms. The molecule has 0 aliphatic heterocycles. The number of rotatable bonds is 5. The predicted octanol–water partition coefficient (Wildman–Crippen LogP) is 2.95. The Kier molecular flexibility index (Phi) is 5.40. The van der Waals surface area contributed by atoms with Gasteiger partial charge in [0.1, 0.15) is 4.83 Å². The Morgan fingerprint density at radius 3 is 2.67 bits per heavy atom. The highest BCUT2D eigenvalue weighted by atomic mass is 79.9. The fourth-order valence-electron chi connectivity index (χ4n) is 1.29. The van der Waals surface area contributed by atoms with Crippen LogP contribution in [0.15, 0.2) is 30.3 Å². The maximum absolute atomic E-state index is 11.3. The van der Waals surface area contributed by atoms with Gasteiger partial charge in [0.15, 0.2) is 0 Å². The molecule has 0 saturated heterocycles. The zero-order valence-corrected chi connectivity index (χ0v) is 10.4. The van der Waals surface area contributed by atoms with Gasteiger partial charge in [-0.15, -0.1) is 0 Å². The molecule has 1 aromatic carbocycles. The normalized spacial score (nSPS) is 12.1. The van der Waals surface area contributed by atoms with Gasteiger partial charge in [-0.05, 0) is 25.3 Å². The summed E-state index contributed by atoms with van der Waals surface area (Å²) >= 11 is 3.33. The molecule has 0 heterocycles. The summed E-state index contributed by atoms with van der Waals surface area (Å²) < 4.78 is 4.91. The van der Waals surface area contributed by atoms with Crippen LogP contribution in [0.2, 0.25) is 0 Å². The van der Waals surface area contributed by atoms with Crippen molar-refractivity contribution in [3.05, 3.63) is 35.9 Å². The van der Waals surface area contributed by atoms with Crippen molar-refractivity contribution in [1.82, 2.24) is 0 Å². The zero-order chi connectivity index (χ0) is 11.1. The lowest BCUT2D eigenvalue weighted by Gasteiger charge is -2.08. The summed E-state index contributed by atoms with van der Waals surface area (Å²) in [5.74, 6) is -0.173. The average molecular weight is 271 g/mol. The highest BCUT2D eigenvalue weighted by Gasteiger charge is 2.15. The molecular formula is C12H15BrO2. The van der Waals surface area contributed by atoms with E-state index in [-0.39, 0.29) is 10.8 Å². The number of aryl methyl sites for hydroxylation is 1. The van der Waals surface area contributed by atoms with E-state index in [0.29, 0.717) is 6.61 Å². The number of carbonyl (C=O) groups is 1. The monoisotopic (exact) mass is 270 g/mol. The van der Waals surface area contributed by atoms with Crippen LogP contribution in [0, 0.1) is 0 Å². The molecule has 0 saturated carbocycles. The molecule has 0 unspecified atom stereocenters. The van der Waals surface area contributed by atoms with Crippen LogP contribution in [-0.4, -0.2) is 17.4 Å². The van der Waals surface area contributed by atoms with E-state index in [0.717, 1.165) is 12.8 Å². The van der Waals surface area contributed by atoms with Gasteiger partial charge < -0.3 is 4.74 Å². The predicted molar refractivity (Wildman–Crippen MR) is 64.1 cm³/mol. The maximum atomic E-state index is 11.3. The van der Waals surface area contributed by atoms with Crippen LogP contribution < -0.4 is 0 Å². The lowest BCUT2D eigenvalue weighted by Crippen LogP contribution is -2.17. The summed E-state index contributed by atoms with van der Waals surface area (Å²) in [7, 11) is 0. The smallest absolute Gasteiger partial charge is 0.319 e. The topological polar surface area (TPSA) is 26.3 Å². The Bertz CT molecular complexity index is 298. The number of hydrogen-bond acceptors (Lipinski definition) is 2. The Morgan fingerprint density at radius 1 is 1.40 bits per heavy atom. The van der Waals surface area contributed by atoms with Gasteiger partial charge in [0.05, 0.1) is 6.61 Å².